The summed E-state index contributed by atoms with van der Waals surface area (Å²) < 4.78 is 67.2. The number of anilines is 1. The second-order valence-electron chi connectivity index (χ2n) is 13.8. The number of rotatable bonds is 13. The van der Waals surface area contributed by atoms with E-state index in [9.17, 15) is 55.6 Å². The van der Waals surface area contributed by atoms with E-state index in [0.717, 1.165) is 28.3 Å². The maximum absolute atomic E-state index is 13.3. The molecule has 1 saturated heterocycles. The fraction of sp³-hybridized carbons (Fsp3) is 0.324. The minimum absolute atomic E-state index is 0.0388. The molecule has 18 nitrogen and oxygen atoms in total. The topological polar surface area (TPSA) is 281 Å². The number of carboxylic acids is 2. The summed E-state index contributed by atoms with van der Waals surface area (Å²) in [5.74, 6) is -2.74. The molecule has 1 aliphatic heterocycles. The predicted octanol–water partition coefficient (Wildman–Crippen LogP) is 3.52. The molecule has 20 heteroatoms. The third kappa shape index (κ3) is 10.7. The average molecular weight is 827 g/mol. The van der Waals surface area contributed by atoms with E-state index in [1.165, 1.54) is 6.07 Å². The Balaban J connectivity index is 1.30. The predicted molar refractivity (Wildman–Crippen MR) is 208 cm³/mol. The number of nitrogens with two attached hydrogens (primary N) is 1. The van der Waals surface area contributed by atoms with Crippen LogP contribution in [0.4, 0.5) is 17.1 Å². The third-order valence-corrected chi connectivity index (χ3v) is 11.4. The van der Waals surface area contributed by atoms with Gasteiger partial charge in [0.15, 0.2) is 11.5 Å². The van der Waals surface area contributed by atoms with Gasteiger partial charge in [-0.3, -0.25) is 38.2 Å². The van der Waals surface area contributed by atoms with Crippen LogP contribution in [0.2, 0.25) is 0 Å². The van der Waals surface area contributed by atoms with E-state index in [1.807, 2.05) is 36.1 Å². The highest BCUT2D eigenvalue weighted by atomic mass is 32.2. The van der Waals surface area contributed by atoms with Crippen molar-refractivity contribution < 1.29 is 55.6 Å². The van der Waals surface area contributed by atoms with E-state index >= 15 is 0 Å². The SMILES string of the molecule is Cc1cc(-c2ccc(N=Nc3ccc4c(S(=O)(=O)O)cc(S(=O)(=O)O)c(N)c4c3O)c(C)c2)ccc1CC(=O)CN1CCN(CC(=O)O)CCN(CC(=O)O)CC1. The number of nitrogen functional groups attached to an aromatic ring is 1. The van der Waals surface area contributed by atoms with Crippen LogP contribution in [0.25, 0.3) is 21.9 Å². The van der Waals surface area contributed by atoms with E-state index < -0.39 is 58.8 Å². The van der Waals surface area contributed by atoms with Gasteiger partial charge in [0.2, 0.25) is 0 Å². The monoisotopic (exact) mass is 826 g/mol. The lowest BCUT2D eigenvalue weighted by atomic mass is 9.96. The molecule has 0 aromatic heterocycles. The van der Waals surface area contributed by atoms with Crippen molar-refractivity contribution in [3.63, 3.8) is 0 Å². The second-order valence-corrected chi connectivity index (χ2v) is 16.5. The van der Waals surface area contributed by atoms with E-state index in [4.69, 9.17) is 5.73 Å². The number of carbonyl (C=O) groups is 3. The van der Waals surface area contributed by atoms with Crippen LogP contribution < -0.4 is 5.73 Å². The van der Waals surface area contributed by atoms with Crippen LogP contribution in [0.15, 0.2) is 74.6 Å². The summed E-state index contributed by atoms with van der Waals surface area (Å²) in [6.07, 6.45) is 0.167. The zero-order chi connectivity index (χ0) is 41.8. The van der Waals surface area contributed by atoms with Gasteiger partial charge in [0.1, 0.15) is 15.5 Å². The molecule has 0 spiro atoms. The number of phenolic OH excluding ortho intramolecular Hbond substituents is 1. The smallest absolute Gasteiger partial charge is 0.317 e. The lowest BCUT2D eigenvalue weighted by Gasteiger charge is -2.24. The average Bonchev–Trinajstić information content (AvgIpc) is 3.18. The number of benzene rings is 4. The van der Waals surface area contributed by atoms with Crippen molar-refractivity contribution in [3.8, 4) is 16.9 Å². The van der Waals surface area contributed by atoms with Gasteiger partial charge in [-0.2, -0.15) is 21.9 Å². The van der Waals surface area contributed by atoms with Gasteiger partial charge in [0.25, 0.3) is 20.2 Å². The number of ketones is 1. The van der Waals surface area contributed by atoms with Crippen molar-refractivity contribution in [2.24, 2.45) is 10.2 Å². The Labute approximate surface area is 328 Å². The molecular formula is C37H42N6O12S2. The van der Waals surface area contributed by atoms with E-state index in [1.54, 1.807) is 28.9 Å². The maximum atomic E-state index is 13.3. The van der Waals surface area contributed by atoms with Crippen molar-refractivity contribution in [1.82, 2.24) is 14.7 Å². The van der Waals surface area contributed by atoms with E-state index in [0.29, 0.717) is 56.6 Å². The Bertz CT molecular complexity index is 2460. The number of hydrogen-bond donors (Lipinski definition) is 6. The number of aromatic hydroxyl groups is 1. The Hall–Kier alpha value is -5.35. The third-order valence-electron chi connectivity index (χ3n) is 9.62. The van der Waals surface area contributed by atoms with E-state index in [2.05, 4.69) is 10.2 Å². The molecule has 0 unspecified atom stereocenters. The van der Waals surface area contributed by atoms with Gasteiger partial charge < -0.3 is 21.1 Å². The zero-order valence-corrected chi connectivity index (χ0v) is 32.6. The van der Waals surface area contributed by atoms with Gasteiger partial charge in [-0.25, -0.2) is 0 Å². The first-order valence-corrected chi connectivity index (χ1v) is 20.4. The highest BCUT2D eigenvalue weighted by Crippen LogP contribution is 2.44. The Morgan fingerprint density at radius 2 is 1.14 bits per heavy atom. The molecule has 1 heterocycles. The summed E-state index contributed by atoms with van der Waals surface area (Å²) in [4.78, 5) is 39.5. The molecule has 57 heavy (non-hydrogen) atoms. The van der Waals surface area contributed by atoms with Crippen LogP contribution in [0.3, 0.4) is 0 Å². The zero-order valence-electron chi connectivity index (χ0n) is 31.0. The molecular weight excluding hydrogens is 785 g/mol. The standard InChI is InChI=1S/C37H42N6O12S2/c1-22-15-25(4-3-24(22)17-27(44)19-41-9-11-42(20-33(45)46)13-14-43(12-10-41)21-34(47)48)26-5-7-29(23(2)16-26)39-40-30-8-6-28-31(56(50,51)52)18-32(57(53,54)55)36(38)35(28)37(30)49/h3-8,15-16,18,49H,9-14,17,19-21,38H2,1-2H3,(H,45,46)(H,47,48)(H,50,51,52)(H,53,54,55). The van der Waals surface area contributed by atoms with Gasteiger partial charge in [-0.15, -0.1) is 5.11 Å². The molecule has 4 aromatic rings. The first-order chi connectivity index (χ1) is 26.7. The summed E-state index contributed by atoms with van der Waals surface area (Å²) >= 11 is 0. The minimum atomic E-state index is -5.07. The number of fused-ring (bicyclic) bond motifs is 1. The number of aliphatic carboxylic acids is 2. The Morgan fingerprint density at radius 3 is 1.63 bits per heavy atom. The number of hydrogen-bond acceptors (Lipinski definition) is 14. The first-order valence-electron chi connectivity index (χ1n) is 17.5. The second kappa shape index (κ2) is 17.4. The largest absolute Gasteiger partial charge is 0.505 e. The van der Waals surface area contributed by atoms with Gasteiger partial charge in [0.05, 0.1) is 36.4 Å². The van der Waals surface area contributed by atoms with Crippen LogP contribution in [-0.4, -0.2) is 133 Å². The molecule has 0 aliphatic carbocycles. The van der Waals surface area contributed by atoms with Crippen molar-refractivity contribution in [3.05, 3.63) is 71.3 Å². The number of aryl methyl sites for hydroxylation is 2. The molecule has 0 bridgehead atoms. The van der Waals surface area contributed by atoms with Crippen LogP contribution in [0.1, 0.15) is 16.7 Å². The highest BCUT2D eigenvalue weighted by Gasteiger charge is 2.27. The molecule has 0 atom stereocenters. The number of azo groups is 1. The van der Waals surface area contributed by atoms with Crippen molar-refractivity contribution in [2.75, 3.05) is 64.6 Å². The maximum Gasteiger partial charge on any atom is 0.317 e. The number of Topliss-reactive ketones (excluding diaryl/α,β-unsaturated/α-hetero) is 1. The van der Waals surface area contributed by atoms with Crippen molar-refractivity contribution in [2.45, 2.75) is 30.1 Å². The van der Waals surface area contributed by atoms with Gasteiger partial charge in [-0.05, 0) is 65.9 Å². The number of phenols is 1. The van der Waals surface area contributed by atoms with Crippen molar-refractivity contribution in [1.29, 1.82) is 0 Å². The molecule has 0 amide bonds. The van der Waals surface area contributed by atoms with Gasteiger partial charge in [-0.1, -0.05) is 30.3 Å². The molecule has 1 aliphatic rings. The summed E-state index contributed by atoms with van der Waals surface area (Å²) in [6, 6.07) is 13.9. The van der Waals surface area contributed by atoms with Crippen LogP contribution in [0, 0.1) is 13.8 Å². The van der Waals surface area contributed by atoms with Gasteiger partial charge >= 0.3 is 11.9 Å². The van der Waals surface area contributed by atoms with E-state index in [-0.39, 0.29) is 42.9 Å². The Morgan fingerprint density at radius 1 is 0.667 bits per heavy atom. The molecule has 5 rings (SSSR count). The minimum Gasteiger partial charge on any atom is -0.505 e. The molecule has 1 fully saturated rings. The number of nitrogens with zero attached hydrogens (tertiary/aromatic N) is 5. The lowest BCUT2D eigenvalue weighted by Crippen LogP contribution is -2.40. The number of carboxylic acid groups (broad SMARTS) is 2. The summed E-state index contributed by atoms with van der Waals surface area (Å²) in [7, 11) is -10.1. The molecule has 0 saturated carbocycles. The molecule has 304 valence electrons. The highest BCUT2D eigenvalue weighted by molar-refractivity contribution is 7.87. The lowest BCUT2D eigenvalue weighted by molar-refractivity contribution is -0.140. The molecule has 4 aromatic carbocycles. The Kier molecular flexibility index (Phi) is 13.1. The fourth-order valence-corrected chi connectivity index (χ4v) is 8.09. The van der Waals surface area contributed by atoms with Crippen molar-refractivity contribution >= 4 is 65.8 Å². The molecule has 7 N–H and O–H groups in total. The molecule has 0 radical (unpaired) electrons. The first kappa shape index (κ1) is 42.8. The quantitative estimate of drug-likeness (QED) is 0.0639. The summed E-state index contributed by atoms with van der Waals surface area (Å²) in [6.45, 7) is 6.02. The van der Waals surface area contributed by atoms with Crippen LogP contribution in [-0.2, 0) is 41.0 Å². The van der Waals surface area contributed by atoms with Gasteiger partial charge in [0, 0.05) is 51.1 Å². The summed E-state index contributed by atoms with van der Waals surface area (Å²) in [5, 5.41) is 37.1. The van der Waals surface area contributed by atoms with Crippen LogP contribution >= 0.6 is 0 Å². The summed E-state index contributed by atoms with van der Waals surface area (Å²) in [5.41, 5.74) is 9.52. The fourth-order valence-electron chi connectivity index (χ4n) is 6.65. The van der Waals surface area contributed by atoms with Crippen LogP contribution in [0.5, 0.6) is 5.75 Å². The number of carbonyl (C=O) groups excluding carboxylic acids is 1. The normalized spacial score (nSPS) is 15.4.